The Labute approximate surface area is 312 Å². The number of aliphatic hydroxyl groups is 1. The molecule has 5 rings (SSSR count). The highest BCUT2D eigenvalue weighted by atomic mass is 16.5. The number of nitrogens with one attached hydrogen (secondary N) is 4. The minimum Gasteiger partial charge on any atom is -0.460 e. The number of carbonyl (C=O) groups excluding carboxylic acids is 3. The topological polar surface area (TPSA) is 167 Å². The van der Waals surface area contributed by atoms with Gasteiger partial charge in [0.05, 0.1) is 23.7 Å². The predicted octanol–water partition coefficient (Wildman–Crippen LogP) is 4.39. The van der Waals surface area contributed by atoms with Crippen molar-refractivity contribution in [3.8, 4) is 6.01 Å². The Balaban J connectivity index is 1.32. The first kappa shape index (κ1) is 39.3. The molecule has 3 amide bonds. The number of aryl methyl sites for hydroxylation is 2. The van der Waals surface area contributed by atoms with Crippen molar-refractivity contribution in [2.75, 3.05) is 13.1 Å². The highest BCUT2D eigenvalue weighted by Gasteiger charge is 2.40. The molecule has 12 heteroatoms. The minimum absolute atomic E-state index is 0.118. The number of aromatic nitrogens is 3. The average molecular weight is 724 g/mol. The van der Waals surface area contributed by atoms with Gasteiger partial charge >= 0.3 is 6.01 Å². The van der Waals surface area contributed by atoms with Gasteiger partial charge < -0.3 is 31.1 Å². The summed E-state index contributed by atoms with van der Waals surface area (Å²) < 4.78 is 6.07. The number of fused-ring (bicyclic) bond motifs is 1. The number of hydrogen-bond acceptors (Lipinski definition) is 9. The third kappa shape index (κ3) is 10.4. The summed E-state index contributed by atoms with van der Waals surface area (Å²) in [6, 6.07) is 20.5. The van der Waals surface area contributed by atoms with Crippen LogP contribution < -0.4 is 26.0 Å². The number of benzene rings is 2. The van der Waals surface area contributed by atoms with Gasteiger partial charge in [-0.15, -0.1) is 0 Å². The standard InChI is InChI=1S/C41H53N7O5/c1-24(2)35(47-38(51)31-18-17-27-13-11-12-16-30(27)46-31)39(52)48-36(34(41(5,6)7)28-14-9-8-10-15-28)33(49)23-43-37(50)32-22-29(19-20-42-32)53-40-44-25(3)21-26(4)45-40/h8-18,21,24,29,32-36,42,49H,19-20,22-23H2,1-7H3,(H,43,50)(H,47,51)(H,48,52)/t29?,32?,33?,34?,35-,36?/m0/s1. The lowest BCUT2D eigenvalue weighted by Gasteiger charge is -2.41. The number of amides is 3. The maximum atomic E-state index is 14.2. The van der Waals surface area contributed by atoms with Crippen LogP contribution >= 0.6 is 0 Å². The summed E-state index contributed by atoms with van der Waals surface area (Å²) in [5, 5.41) is 25.0. The van der Waals surface area contributed by atoms with Gasteiger partial charge in [-0.3, -0.25) is 14.4 Å². The van der Waals surface area contributed by atoms with Crippen LogP contribution in [0.4, 0.5) is 0 Å². The molecule has 1 aliphatic heterocycles. The van der Waals surface area contributed by atoms with E-state index in [2.05, 4.69) is 36.2 Å². The highest BCUT2D eigenvalue weighted by Crippen LogP contribution is 2.39. The van der Waals surface area contributed by atoms with E-state index in [0.717, 1.165) is 22.3 Å². The van der Waals surface area contributed by atoms with Crippen LogP contribution in [0.5, 0.6) is 6.01 Å². The van der Waals surface area contributed by atoms with E-state index < -0.39 is 41.5 Å². The fourth-order valence-electron chi connectivity index (χ4n) is 7.04. The second-order valence-corrected chi connectivity index (χ2v) is 15.4. The first-order chi connectivity index (χ1) is 25.2. The number of pyridine rings is 1. The summed E-state index contributed by atoms with van der Waals surface area (Å²) >= 11 is 0. The maximum absolute atomic E-state index is 14.2. The lowest BCUT2D eigenvalue weighted by Crippen LogP contribution is -2.59. The lowest BCUT2D eigenvalue weighted by molar-refractivity contribution is -0.126. The van der Waals surface area contributed by atoms with E-state index in [4.69, 9.17) is 4.74 Å². The van der Waals surface area contributed by atoms with Gasteiger partial charge in [0, 0.05) is 35.7 Å². The summed E-state index contributed by atoms with van der Waals surface area (Å²) in [5.74, 6) is -1.86. The van der Waals surface area contributed by atoms with Crippen LogP contribution in [0.1, 0.15) is 80.8 Å². The molecule has 282 valence electrons. The minimum atomic E-state index is -1.18. The molecule has 1 saturated heterocycles. The van der Waals surface area contributed by atoms with Gasteiger partial charge in [0.25, 0.3) is 5.91 Å². The van der Waals surface area contributed by atoms with E-state index in [-0.39, 0.29) is 36.1 Å². The van der Waals surface area contributed by atoms with Crippen LogP contribution in [0.3, 0.4) is 0 Å². The normalized spacial score (nSPS) is 18.4. The Morgan fingerprint density at radius 2 is 1.60 bits per heavy atom. The molecular formula is C41H53N7O5. The number of carbonyl (C=O) groups is 3. The van der Waals surface area contributed by atoms with Gasteiger partial charge in [-0.1, -0.05) is 89.2 Å². The summed E-state index contributed by atoms with van der Waals surface area (Å²) in [7, 11) is 0. The second-order valence-electron chi connectivity index (χ2n) is 15.4. The summed E-state index contributed by atoms with van der Waals surface area (Å²) in [6.45, 7) is 14.1. The van der Waals surface area contributed by atoms with Crippen LogP contribution in [-0.4, -0.2) is 81.2 Å². The molecule has 5 N–H and O–H groups in total. The van der Waals surface area contributed by atoms with Crippen LogP contribution in [-0.2, 0) is 9.59 Å². The number of aliphatic hydroxyl groups excluding tert-OH is 1. The Morgan fingerprint density at radius 3 is 2.28 bits per heavy atom. The van der Waals surface area contributed by atoms with Crippen molar-refractivity contribution < 1.29 is 24.2 Å². The zero-order valence-electron chi connectivity index (χ0n) is 31.7. The Bertz CT molecular complexity index is 1860. The molecular weight excluding hydrogens is 670 g/mol. The molecule has 3 heterocycles. The molecule has 2 aromatic carbocycles. The Kier molecular flexibility index (Phi) is 12.8. The number of nitrogens with zero attached hydrogens (tertiary/aromatic N) is 3. The number of rotatable bonds is 13. The van der Waals surface area contributed by atoms with E-state index in [0.29, 0.717) is 30.9 Å². The summed E-state index contributed by atoms with van der Waals surface area (Å²) in [4.78, 5) is 54.4. The molecule has 0 spiro atoms. The molecule has 5 unspecified atom stereocenters. The first-order valence-electron chi connectivity index (χ1n) is 18.4. The third-order valence-electron chi connectivity index (χ3n) is 9.63. The first-order valence-corrected chi connectivity index (χ1v) is 18.4. The second kappa shape index (κ2) is 17.3. The molecule has 0 radical (unpaired) electrons. The summed E-state index contributed by atoms with van der Waals surface area (Å²) in [6.07, 6.45) is -0.362. The molecule has 12 nitrogen and oxygen atoms in total. The quantitative estimate of drug-likeness (QED) is 0.135. The van der Waals surface area contributed by atoms with Gasteiger partial charge in [0.15, 0.2) is 0 Å². The van der Waals surface area contributed by atoms with E-state index in [1.54, 1.807) is 6.07 Å². The SMILES string of the molecule is Cc1cc(C)nc(OC2CCNC(C(=O)NCC(O)C(NC(=O)[C@@H](NC(=O)c3ccc4ccccc4n3)C(C)C)C(c3ccccc3)C(C)(C)C)C2)n1. The van der Waals surface area contributed by atoms with Crippen LogP contribution in [0.25, 0.3) is 10.9 Å². The van der Waals surface area contributed by atoms with E-state index in [9.17, 15) is 19.5 Å². The van der Waals surface area contributed by atoms with E-state index >= 15 is 0 Å². The Morgan fingerprint density at radius 1 is 0.925 bits per heavy atom. The smallest absolute Gasteiger partial charge is 0.317 e. The highest BCUT2D eigenvalue weighted by molar-refractivity contribution is 5.98. The fourth-order valence-corrected chi connectivity index (χ4v) is 7.04. The largest absolute Gasteiger partial charge is 0.460 e. The maximum Gasteiger partial charge on any atom is 0.317 e. The van der Waals surface area contributed by atoms with Crippen molar-refractivity contribution in [3.63, 3.8) is 0 Å². The van der Waals surface area contributed by atoms with Crippen molar-refractivity contribution >= 4 is 28.6 Å². The molecule has 0 aliphatic carbocycles. The third-order valence-corrected chi connectivity index (χ3v) is 9.63. The molecule has 0 bridgehead atoms. The zero-order chi connectivity index (χ0) is 38.3. The lowest BCUT2D eigenvalue weighted by atomic mass is 9.70. The van der Waals surface area contributed by atoms with Gasteiger partial charge in [-0.05, 0) is 61.9 Å². The molecule has 53 heavy (non-hydrogen) atoms. The summed E-state index contributed by atoms with van der Waals surface area (Å²) in [5.41, 5.74) is 2.97. The van der Waals surface area contributed by atoms with E-state index in [1.807, 2.05) is 115 Å². The van der Waals surface area contributed by atoms with Crippen molar-refractivity contribution in [3.05, 3.63) is 95.4 Å². The molecule has 1 fully saturated rings. The molecule has 0 saturated carbocycles. The van der Waals surface area contributed by atoms with Crippen LogP contribution in [0.15, 0.2) is 72.8 Å². The van der Waals surface area contributed by atoms with Gasteiger partial charge in [0.2, 0.25) is 11.8 Å². The number of piperidine rings is 1. The number of hydrogen-bond donors (Lipinski definition) is 5. The predicted molar refractivity (Wildman–Crippen MR) is 204 cm³/mol. The number of ether oxygens (including phenoxy) is 1. The monoisotopic (exact) mass is 723 g/mol. The van der Waals surface area contributed by atoms with Crippen LogP contribution in [0.2, 0.25) is 0 Å². The number of para-hydroxylation sites is 1. The average Bonchev–Trinajstić information content (AvgIpc) is 3.11. The zero-order valence-corrected chi connectivity index (χ0v) is 31.7. The van der Waals surface area contributed by atoms with Crippen molar-refractivity contribution in [2.24, 2.45) is 11.3 Å². The van der Waals surface area contributed by atoms with Crippen molar-refractivity contribution in [2.45, 2.75) is 97.6 Å². The van der Waals surface area contributed by atoms with Crippen molar-refractivity contribution in [1.29, 1.82) is 0 Å². The Hall–Kier alpha value is -4.94. The van der Waals surface area contributed by atoms with Crippen LogP contribution in [0, 0.1) is 25.2 Å². The fraction of sp³-hybridized carbons (Fsp3) is 0.463. The molecule has 2 aromatic heterocycles. The van der Waals surface area contributed by atoms with Gasteiger partial charge in [0.1, 0.15) is 17.8 Å². The molecule has 1 aliphatic rings. The molecule has 4 aromatic rings. The van der Waals surface area contributed by atoms with E-state index in [1.165, 1.54) is 0 Å². The molecule has 6 atom stereocenters. The van der Waals surface area contributed by atoms with Crippen molar-refractivity contribution in [1.82, 2.24) is 36.2 Å². The van der Waals surface area contributed by atoms with Gasteiger partial charge in [-0.25, -0.2) is 15.0 Å². The van der Waals surface area contributed by atoms with Gasteiger partial charge in [-0.2, -0.15) is 0 Å².